The number of benzene rings is 1. The van der Waals surface area contributed by atoms with E-state index in [0.29, 0.717) is 0 Å². The number of hydrogen-bond acceptors (Lipinski definition) is 3. The Balaban J connectivity index is 2.16. The molecule has 0 atom stereocenters. The minimum atomic E-state index is -3.60. The van der Waals surface area contributed by atoms with Crippen LogP contribution in [0.3, 0.4) is 0 Å². The predicted octanol–water partition coefficient (Wildman–Crippen LogP) is 2.21. The molecule has 0 radical (unpaired) electrons. The molecule has 1 heterocycles. The fourth-order valence-electron chi connectivity index (χ4n) is 1.42. The van der Waals surface area contributed by atoms with Gasteiger partial charge in [-0.2, -0.15) is 0 Å². The molecule has 0 saturated heterocycles. The van der Waals surface area contributed by atoms with Gasteiger partial charge in [-0.3, -0.25) is 4.98 Å². The van der Waals surface area contributed by atoms with Crippen molar-refractivity contribution < 1.29 is 8.42 Å². The number of sulfonamides is 1. The SMILES string of the molecule is O=S(=O)(NCc1cccnc1)c1ccccc1Cl. The van der Waals surface area contributed by atoms with Crippen molar-refractivity contribution in [2.75, 3.05) is 0 Å². The smallest absolute Gasteiger partial charge is 0.242 e. The highest BCUT2D eigenvalue weighted by atomic mass is 35.5. The van der Waals surface area contributed by atoms with Crippen LogP contribution in [0.1, 0.15) is 5.56 Å². The monoisotopic (exact) mass is 282 g/mol. The van der Waals surface area contributed by atoms with Gasteiger partial charge in [0.05, 0.1) is 5.02 Å². The van der Waals surface area contributed by atoms with Gasteiger partial charge in [0, 0.05) is 18.9 Å². The van der Waals surface area contributed by atoms with Crippen LogP contribution in [0, 0.1) is 0 Å². The Labute approximate surface area is 111 Å². The number of nitrogens with zero attached hydrogens (tertiary/aromatic N) is 1. The van der Waals surface area contributed by atoms with Crippen molar-refractivity contribution >= 4 is 21.6 Å². The second kappa shape index (κ2) is 5.48. The molecule has 0 spiro atoms. The van der Waals surface area contributed by atoms with Crippen LogP contribution in [0.2, 0.25) is 5.02 Å². The Morgan fingerprint density at radius 2 is 1.94 bits per heavy atom. The second-order valence-corrected chi connectivity index (χ2v) is 5.76. The zero-order valence-corrected chi connectivity index (χ0v) is 10.9. The fraction of sp³-hybridized carbons (Fsp3) is 0.0833. The Bertz CT molecular complexity index is 630. The zero-order valence-electron chi connectivity index (χ0n) is 9.38. The third-order valence-electron chi connectivity index (χ3n) is 2.32. The Hall–Kier alpha value is -1.43. The average molecular weight is 283 g/mol. The number of hydrogen-bond donors (Lipinski definition) is 1. The highest BCUT2D eigenvalue weighted by Gasteiger charge is 2.16. The van der Waals surface area contributed by atoms with Crippen LogP contribution in [-0.4, -0.2) is 13.4 Å². The summed E-state index contributed by atoms with van der Waals surface area (Å²) in [7, 11) is -3.60. The molecule has 1 aromatic carbocycles. The van der Waals surface area contributed by atoms with E-state index in [0.717, 1.165) is 5.56 Å². The van der Waals surface area contributed by atoms with Crippen molar-refractivity contribution in [1.82, 2.24) is 9.71 Å². The third kappa shape index (κ3) is 3.07. The first-order chi connectivity index (χ1) is 8.59. The topological polar surface area (TPSA) is 59.1 Å². The maximum absolute atomic E-state index is 12.0. The van der Waals surface area contributed by atoms with Crippen molar-refractivity contribution in [3.8, 4) is 0 Å². The molecule has 0 aliphatic heterocycles. The minimum absolute atomic E-state index is 0.0792. The van der Waals surface area contributed by atoms with Crippen LogP contribution in [-0.2, 0) is 16.6 Å². The predicted molar refractivity (Wildman–Crippen MR) is 69.7 cm³/mol. The molecule has 0 fully saturated rings. The summed E-state index contributed by atoms with van der Waals surface area (Å²) in [5.41, 5.74) is 0.785. The van der Waals surface area contributed by atoms with Gasteiger partial charge in [-0.15, -0.1) is 0 Å². The van der Waals surface area contributed by atoms with Crippen molar-refractivity contribution in [3.05, 3.63) is 59.4 Å². The van der Waals surface area contributed by atoms with Crippen molar-refractivity contribution in [1.29, 1.82) is 0 Å². The van der Waals surface area contributed by atoms with Crippen molar-refractivity contribution in [3.63, 3.8) is 0 Å². The molecular weight excluding hydrogens is 272 g/mol. The number of rotatable bonds is 4. The lowest BCUT2D eigenvalue weighted by Gasteiger charge is -2.07. The first-order valence-corrected chi connectivity index (χ1v) is 7.09. The lowest BCUT2D eigenvalue weighted by atomic mass is 10.3. The van der Waals surface area contributed by atoms with Gasteiger partial charge >= 0.3 is 0 Å². The zero-order chi connectivity index (χ0) is 13.0. The van der Waals surface area contributed by atoms with E-state index in [1.54, 1.807) is 42.7 Å². The standard InChI is InChI=1S/C12H11ClN2O2S/c13-11-5-1-2-6-12(11)18(16,17)15-9-10-4-3-7-14-8-10/h1-8,15H,9H2. The normalized spacial score (nSPS) is 11.4. The van der Waals surface area contributed by atoms with E-state index in [1.165, 1.54) is 6.07 Å². The largest absolute Gasteiger partial charge is 0.264 e. The number of nitrogens with one attached hydrogen (secondary N) is 1. The van der Waals surface area contributed by atoms with Crippen LogP contribution < -0.4 is 4.72 Å². The number of halogens is 1. The summed E-state index contributed by atoms with van der Waals surface area (Å²) in [4.78, 5) is 3.99. The number of aromatic nitrogens is 1. The molecule has 6 heteroatoms. The maximum Gasteiger partial charge on any atom is 0.242 e. The summed E-state index contributed by atoms with van der Waals surface area (Å²) in [5.74, 6) is 0. The molecule has 1 aromatic heterocycles. The first kappa shape index (κ1) is 13.0. The van der Waals surface area contributed by atoms with Crippen LogP contribution in [0.25, 0.3) is 0 Å². The van der Waals surface area contributed by atoms with Gasteiger partial charge in [-0.05, 0) is 23.8 Å². The van der Waals surface area contributed by atoms with Gasteiger partial charge < -0.3 is 0 Å². The van der Waals surface area contributed by atoms with Crippen molar-refractivity contribution in [2.24, 2.45) is 0 Å². The molecule has 94 valence electrons. The molecule has 0 saturated carbocycles. The Morgan fingerprint density at radius 3 is 2.61 bits per heavy atom. The number of pyridine rings is 1. The van der Waals surface area contributed by atoms with Crippen LogP contribution in [0.4, 0.5) is 0 Å². The highest BCUT2D eigenvalue weighted by Crippen LogP contribution is 2.20. The summed E-state index contributed by atoms with van der Waals surface area (Å²) in [6, 6.07) is 9.86. The lowest BCUT2D eigenvalue weighted by Crippen LogP contribution is -2.23. The minimum Gasteiger partial charge on any atom is -0.264 e. The molecule has 0 aliphatic rings. The van der Waals surface area contributed by atoms with E-state index >= 15 is 0 Å². The van der Waals surface area contributed by atoms with E-state index in [1.807, 2.05) is 0 Å². The van der Waals surface area contributed by atoms with Crippen LogP contribution >= 0.6 is 11.6 Å². The molecular formula is C12H11ClN2O2S. The molecule has 0 amide bonds. The van der Waals surface area contributed by atoms with E-state index < -0.39 is 10.0 Å². The van der Waals surface area contributed by atoms with Gasteiger partial charge in [0.25, 0.3) is 0 Å². The summed E-state index contributed by atoms with van der Waals surface area (Å²) in [6.45, 7) is 0.182. The highest BCUT2D eigenvalue weighted by molar-refractivity contribution is 7.89. The summed E-state index contributed by atoms with van der Waals surface area (Å²) in [6.07, 6.45) is 3.24. The average Bonchev–Trinajstić information content (AvgIpc) is 2.38. The Kier molecular flexibility index (Phi) is 3.96. The molecule has 0 aliphatic carbocycles. The lowest BCUT2D eigenvalue weighted by molar-refractivity contribution is 0.581. The fourth-order valence-corrected chi connectivity index (χ4v) is 2.96. The molecule has 1 N–H and O–H groups in total. The van der Waals surface area contributed by atoms with Gasteiger partial charge in [0.1, 0.15) is 4.90 Å². The van der Waals surface area contributed by atoms with Gasteiger partial charge in [-0.1, -0.05) is 29.8 Å². The van der Waals surface area contributed by atoms with Crippen molar-refractivity contribution in [2.45, 2.75) is 11.4 Å². The maximum atomic E-state index is 12.0. The van der Waals surface area contributed by atoms with E-state index in [2.05, 4.69) is 9.71 Å². The molecule has 18 heavy (non-hydrogen) atoms. The van der Waals surface area contributed by atoms with E-state index in [-0.39, 0.29) is 16.5 Å². The van der Waals surface area contributed by atoms with Crippen LogP contribution in [0.5, 0.6) is 0 Å². The first-order valence-electron chi connectivity index (χ1n) is 5.23. The van der Waals surface area contributed by atoms with E-state index in [4.69, 9.17) is 11.6 Å². The second-order valence-electron chi connectivity index (χ2n) is 3.62. The molecule has 0 bridgehead atoms. The quantitative estimate of drug-likeness (QED) is 0.935. The van der Waals surface area contributed by atoms with Gasteiger partial charge in [-0.25, -0.2) is 13.1 Å². The Morgan fingerprint density at radius 1 is 1.17 bits per heavy atom. The summed E-state index contributed by atoms with van der Waals surface area (Å²) < 4.78 is 26.5. The van der Waals surface area contributed by atoms with Gasteiger partial charge in [0.15, 0.2) is 0 Å². The van der Waals surface area contributed by atoms with Crippen LogP contribution in [0.15, 0.2) is 53.7 Å². The third-order valence-corrected chi connectivity index (χ3v) is 4.22. The van der Waals surface area contributed by atoms with Gasteiger partial charge in [0.2, 0.25) is 10.0 Å². The molecule has 4 nitrogen and oxygen atoms in total. The summed E-state index contributed by atoms with van der Waals surface area (Å²) >= 11 is 5.86. The molecule has 0 unspecified atom stereocenters. The summed E-state index contributed by atoms with van der Waals surface area (Å²) in [5, 5.41) is 0.205. The molecule has 2 aromatic rings. The van der Waals surface area contributed by atoms with E-state index in [9.17, 15) is 8.42 Å². The molecule has 2 rings (SSSR count).